The number of Topliss-reactive ketones (excluding diaryl/α,β-unsaturated/α-hetero) is 3. The number of aromatic nitrogens is 3. The lowest BCUT2D eigenvalue weighted by Gasteiger charge is -2.17. The summed E-state index contributed by atoms with van der Waals surface area (Å²) < 4.78 is 1.50. The summed E-state index contributed by atoms with van der Waals surface area (Å²) in [6.07, 6.45) is 7.16. The molecule has 0 unspecified atom stereocenters. The molecule has 19 heavy (non-hydrogen) atoms. The molecule has 1 saturated carbocycles. The molecule has 6 heteroatoms. The van der Waals surface area contributed by atoms with E-state index < -0.39 is 11.7 Å². The largest absolute Gasteiger partial charge is 0.298 e. The molecule has 96 valence electrons. The van der Waals surface area contributed by atoms with Crippen LogP contribution < -0.4 is 0 Å². The zero-order valence-electron chi connectivity index (χ0n) is 10.1. The number of rotatable bonds is 2. The molecule has 0 radical (unpaired) electrons. The van der Waals surface area contributed by atoms with Gasteiger partial charge in [0.15, 0.2) is 17.3 Å². The van der Waals surface area contributed by atoms with E-state index in [4.69, 9.17) is 0 Å². The molecule has 0 spiro atoms. The van der Waals surface area contributed by atoms with E-state index in [9.17, 15) is 14.4 Å². The van der Waals surface area contributed by atoms with Crippen LogP contribution in [0.2, 0.25) is 0 Å². The van der Waals surface area contributed by atoms with Crippen molar-refractivity contribution in [3.8, 4) is 0 Å². The first kappa shape index (κ1) is 11.7. The van der Waals surface area contributed by atoms with Crippen LogP contribution in [0, 0.1) is 5.92 Å². The summed E-state index contributed by atoms with van der Waals surface area (Å²) in [7, 11) is 0. The Kier molecular flexibility index (Phi) is 2.70. The van der Waals surface area contributed by atoms with E-state index in [1.54, 1.807) is 12.4 Å². The average Bonchev–Trinajstić information content (AvgIpc) is 2.82. The van der Waals surface area contributed by atoms with Crippen molar-refractivity contribution in [2.24, 2.45) is 5.92 Å². The highest BCUT2D eigenvalue weighted by atomic mass is 16.2. The van der Waals surface area contributed by atoms with Gasteiger partial charge in [-0.25, -0.2) is 4.52 Å². The smallest absolute Gasteiger partial charge is 0.184 e. The van der Waals surface area contributed by atoms with E-state index in [1.165, 1.54) is 16.9 Å². The molecule has 1 aliphatic carbocycles. The number of ketones is 3. The Bertz CT molecular complexity index is 673. The fourth-order valence-corrected chi connectivity index (χ4v) is 2.38. The van der Waals surface area contributed by atoms with Crippen molar-refractivity contribution in [3.63, 3.8) is 0 Å². The Hall–Kier alpha value is -2.37. The fraction of sp³-hybridized carbons (Fsp3) is 0.308. The summed E-state index contributed by atoms with van der Waals surface area (Å²) in [6.45, 7) is 0. The van der Waals surface area contributed by atoms with Gasteiger partial charge in [-0.3, -0.25) is 19.4 Å². The molecule has 0 amide bonds. The van der Waals surface area contributed by atoms with E-state index >= 15 is 0 Å². The molecule has 0 N–H and O–H groups in total. The fourth-order valence-electron chi connectivity index (χ4n) is 2.38. The van der Waals surface area contributed by atoms with Crippen LogP contribution in [0.5, 0.6) is 0 Å². The molecule has 0 aliphatic heterocycles. The number of fused-ring (bicyclic) bond motifs is 1. The van der Waals surface area contributed by atoms with Crippen LogP contribution in [-0.4, -0.2) is 31.9 Å². The Balaban J connectivity index is 2.04. The van der Waals surface area contributed by atoms with E-state index in [1.807, 2.05) is 0 Å². The topological polar surface area (TPSA) is 81.4 Å². The first-order valence-corrected chi connectivity index (χ1v) is 6.05. The summed E-state index contributed by atoms with van der Waals surface area (Å²) in [5, 5.41) is 4.02. The molecule has 3 rings (SSSR count). The van der Waals surface area contributed by atoms with Crippen molar-refractivity contribution in [2.45, 2.75) is 19.3 Å². The zero-order valence-corrected chi connectivity index (χ0v) is 10.1. The minimum atomic E-state index is -1.15. The minimum absolute atomic E-state index is 0.279. The second-order valence-corrected chi connectivity index (χ2v) is 4.55. The Morgan fingerprint density at radius 2 is 1.95 bits per heavy atom. The first-order chi connectivity index (χ1) is 9.18. The van der Waals surface area contributed by atoms with Crippen molar-refractivity contribution < 1.29 is 14.4 Å². The van der Waals surface area contributed by atoms with Gasteiger partial charge in [0.05, 0.1) is 23.5 Å². The molecular weight excluding hydrogens is 246 g/mol. The van der Waals surface area contributed by atoms with Gasteiger partial charge in [-0.15, -0.1) is 0 Å². The lowest BCUT2D eigenvalue weighted by molar-refractivity contribution is -0.133. The van der Waals surface area contributed by atoms with Crippen molar-refractivity contribution in [1.82, 2.24) is 14.6 Å². The second kappa shape index (κ2) is 4.38. The second-order valence-electron chi connectivity index (χ2n) is 4.55. The monoisotopic (exact) mass is 257 g/mol. The lowest BCUT2D eigenvalue weighted by Crippen LogP contribution is -2.35. The number of hydrogen-bond donors (Lipinski definition) is 0. The van der Waals surface area contributed by atoms with Gasteiger partial charge in [-0.2, -0.15) is 5.10 Å². The van der Waals surface area contributed by atoms with Crippen LogP contribution in [0.25, 0.3) is 5.52 Å². The van der Waals surface area contributed by atoms with E-state index in [0.717, 1.165) is 0 Å². The molecular formula is C13H11N3O3. The summed E-state index contributed by atoms with van der Waals surface area (Å²) in [4.78, 5) is 39.9. The summed E-state index contributed by atoms with van der Waals surface area (Å²) in [6, 6.07) is 0. The maximum atomic E-state index is 12.4. The molecule has 1 aliphatic rings. The maximum absolute atomic E-state index is 12.4. The van der Waals surface area contributed by atoms with Crippen molar-refractivity contribution in [3.05, 3.63) is 30.4 Å². The molecule has 0 bridgehead atoms. The van der Waals surface area contributed by atoms with E-state index in [-0.39, 0.29) is 17.1 Å². The van der Waals surface area contributed by atoms with Crippen LogP contribution in [0.3, 0.4) is 0 Å². The van der Waals surface area contributed by atoms with Crippen molar-refractivity contribution in [2.75, 3.05) is 0 Å². The van der Waals surface area contributed by atoms with Crippen LogP contribution in [-0.2, 0) is 9.59 Å². The lowest BCUT2D eigenvalue weighted by atomic mass is 9.82. The summed E-state index contributed by atoms with van der Waals surface area (Å²) >= 11 is 0. The predicted octanol–water partition coefficient (Wildman–Crippen LogP) is 0.850. The number of carbonyl (C=O) groups is 3. The van der Waals surface area contributed by atoms with Crippen molar-refractivity contribution >= 4 is 22.9 Å². The molecule has 2 heterocycles. The van der Waals surface area contributed by atoms with Gasteiger partial charge < -0.3 is 0 Å². The molecule has 2 aromatic rings. The Morgan fingerprint density at radius 1 is 1.21 bits per heavy atom. The summed E-state index contributed by atoms with van der Waals surface area (Å²) in [5.74, 6) is -2.19. The molecule has 6 nitrogen and oxygen atoms in total. The van der Waals surface area contributed by atoms with Gasteiger partial charge in [-0.05, 0) is 6.42 Å². The number of hydrogen-bond acceptors (Lipinski definition) is 5. The van der Waals surface area contributed by atoms with Gasteiger partial charge in [0, 0.05) is 25.2 Å². The minimum Gasteiger partial charge on any atom is -0.298 e. The third kappa shape index (κ3) is 1.85. The molecule has 2 aromatic heterocycles. The van der Waals surface area contributed by atoms with Gasteiger partial charge in [-0.1, -0.05) is 0 Å². The predicted molar refractivity (Wildman–Crippen MR) is 64.7 cm³/mol. The van der Waals surface area contributed by atoms with Crippen LogP contribution in [0.4, 0.5) is 0 Å². The molecule has 0 saturated heterocycles. The maximum Gasteiger partial charge on any atom is 0.184 e. The Morgan fingerprint density at radius 3 is 2.68 bits per heavy atom. The van der Waals surface area contributed by atoms with Gasteiger partial charge >= 0.3 is 0 Å². The summed E-state index contributed by atoms with van der Waals surface area (Å²) in [5.41, 5.74) is 0.792. The van der Waals surface area contributed by atoms with Crippen molar-refractivity contribution in [1.29, 1.82) is 0 Å². The van der Waals surface area contributed by atoms with E-state index in [0.29, 0.717) is 24.8 Å². The highest BCUT2D eigenvalue weighted by Gasteiger charge is 2.37. The number of nitrogens with zero attached hydrogens (tertiary/aromatic N) is 3. The van der Waals surface area contributed by atoms with E-state index in [2.05, 4.69) is 10.1 Å². The molecule has 1 fully saturated rings. The van der Waals surface area contributed by atoms with Crippen LogP contribution in [0.15, 0.2) is 24.8 Å². The molecule has 0 aromatic carbocycles. The standard InChI is InChI=1S/C13H11N3O3/c17-10-2-1-3-11(18)12(10)13(19)8-6-15-16-5-4-14-7-9(8)16/h4-7,12H,1-3H2. The average molecular weight is 257 g/mol. The highest BCUT2D eigenvalue weighted by molar-refractivity contribution is 6.26. The van der Waals surface area contributed by atoms with Gasteiger partial charge in [0.2, 0.25) is 0 Å². The zero-order chi connectivity index (χ0) is 13.4. The van der Waals surface area contributed by atoms with Gasteiger partial charge in [0.1, 0.15) is 5.92 Å². The third-order valence-corrected chi connectivity index (χ3v) is 3.34. The van der Waals surface area contributed by atoms with Gasteiger partial charge in [0.25, 0.3) is 0 Å². The first-order valence-electron chi connectivity index (χ1n) is 6.05. The number of carbonyl (C=O) groups excluding carboxylic acids is 3. The Labute approximate surface area is 108 Å². The highest BCUT2D eigenvalue weighted by Crippen LogP contribution is 2.23. The quantitative estimate of drug-likeness (QED) is 0.588. The molecule has 0 atom stereocenters. The van der Waals surface area contributed by atoms with Crippen LogP contribution >= 0.6 is 0 Å². The normalized spacial score (nSPS) is 17.1. The SMILES string of the molecule is O=C1CCCC(=O)C1C(=O)c1cnn2ccncc12. The van der Waals surface area contributed by atoms with Crippen LogP contribution in [0.1, 0.15) is 29.6 Å². The third-order valence-electron chi connectivity index (χ3n) is 3.34.